The lowest BCUT2D eigenvalue weighted by molar-refractivity contribution is -0.384. The van der Waals surface area contributed by atoms with Gasteiger partial charge in [0.2, 0.25) is 5.95 Å². The van der Waals surface area contributed by atoms with Gasteiger partial charge in [-0.25, -0.2) is 9.37 Å². The Morgan fingerprint density at radius 1 is 1.30 bits per heavy atom. The van der Waals surface area contributed by atoms with Crippen molar-refractivity contribution in [3.63, 3.8) is 0 Å². The summed E-state index contributed by atoms with van der Waals surface area (Å²) in [6.45, 7) is 6.76. The molecule has 0 saturated carbocycles. The molecule has 1 aliphatic heterocycles. The Kier molecular flexibility index (Phi) is 8.62. The summed E-state index contributed by atoms with van der Waals surface area (Å²) in [4.78, 5) is 22.1. The van der Waals surface area contributed by atoms with Crippen molar-refractivity contribution < 1.29 is 19.2 Å². The number of aliphatic hydroxyl groups is 1. The summed E-state index contributed by atoms with van der Waals surface area (Å²) in [5, 5.41) is 31.9. The van der Waals surface area contributed by atoms with E-state index in [1.54, 1.807) is 12.1 Å². The second kappa shape index (κ2) is 11.8. The third kappa shape index (κ3) is 6.69. The zero-order chi connectivity index (χ0) is 29.2. The lowest BCUT2D eigenvalue weighted by Crippen LogP contribution is -2.35. The number of nitrogens with zero attached hydrogens (tertiary/aromatic N) is 4. The average Bonchev–Trinajstić information content (AvgIpc) is 3.29. The summed E-state index contributed by atoms with van der Waals surface area (Å²) in [7, 11) is 3.30. The quantitative estimate of drug-likeness (QED) is 0.186. The van der Waals surface area contributed by atoms with Crippen LogP contribution in [0.25, 0.3) is 0 Å². The van der Waals surface area contributed by atoms with E-state index in [0.29, 0.717) is 41.1 Å². The lowest BCUT2D eigenvalue weighted by atomic mass is 9.96. The number of likely N-dealkylation sites (N-methyl/N-ethyl adjacent to an activating group) is 1. The summed E-state index contributed by atoms with van der Waals surface area (Å²) in [5.74, 6) is 0.708. The minimum atomic E-state index is -1.37. The maximum Gasteiger partial charge on any atom is 0.294 e. The van der Waals surface area contributed by atoms with Gasteiger partial charge >= 0.3 is 0 Å². The van der Waals surface area contributed by atoms with Gasteiger partial charge < -0.3 is 30.7 Å². The first-order valence-corrected chi connectivity index (χ1v) is 13.1. The van der Waals surface area contributed by atoms with Crippen LogP contribution in [0.5, 0.6) is 5.75 Å². The van der Waals surface area contributed by atoms with Crippen LogP contribution in [0.2, 0.25) is 5.02 Å². The Balaban J connectivity index is 1.61. The molecule has 1 aromatic heterocycles. The Bertz CT molecular complexity index is 1400. The van der Waals surface area contributed by atoms with Crippen LogP contribution in [0, 0.1) is 21.8 Å². The zero-order valence-corrected chi connectivity index (χ0v) is 23.7. The fourth-order valence-corrected chi connectivity index (χ4v) is 4.93. The highest BCUT2D eigenvalue weighted by atomic mass is 35.5. The molecule has 0 spiro atoms. The number of benzene rings is 2. The van der Waals surface area contributed by atoms with Crippen LogP contribution in [0.1, 0.15) is 32.8 Å². The van der Waals surface area contributed by atoms with E-state index in [0.717, 1.165) is 19.0 Å². The number of nitro groups is 1. The van der Waals surface area contributed by atoms with Crippen molar-refractivity contribution in [1.82, 2.24) is 15.3 Å². The van der Waals surface area contributed by atoms with Gasteiger partial charge in [0.25, 0.3) is 5.69 Å². The minimum Gasteiger partial charge on any atom is -0.494 e. The van der Waals surface area contributed by atoms with Crippen molar-refractivity contribution in [2.45, 2.75) is 38.8 Å². The van der Waals surface area contributed by atoms with Crippen LogP contribution in [0.4, 0.5) is 38.9 Å². The van der Waals surface area contributed by atoms with E-state index in [1.165, 1.54) is 39.3 Å². The van der Waals surface area contributed by atoms with Gasteiger partial charge in [-0.15, -0.1) is 0 Å². The predicted molar refractivity (Wildman–Crippen MR) is 154 cm³/mol. The second-order valence-electron chi connectivity index (χ2n) is 10.5. The van der Waals surface area contributed by atoms with E-state index in [-0.39, 0.29) is 28.3 Å². The van der Waals surface area contributed by atoms with Gasteiger partial charge in [0.1, 0.15) is 23.1 Å². The number of methoxy groups -OCH3 is 1. The van der Waals surface area contributed by atoms with Crippen LogP contribution in [0.15, 0.2) is 36.5 Å². The zero-order valence-electron chi connectivity index (χ0n) is 23.0. The highest BCUT2D eigenvalue weighted by molar-refractivity contribution is 6.31. The topological polar surface area (TPSA) is 138 Å². The van der Waals surface area contributed by atoms with E-state index < -0.39 is 16.3 Å². The van der Waals surface area contributed by atoms with Crippen molar-refractivity contribution in [2.24, 2.45) is 5.92 Å². The van der Waals surface area contributed by atoms with Gasteiger partial charge in [0, 0.05) is 49.2 Å². The van der Waals surface area contributed by atoms with Gasteiger partial charge in [-0.1, -0.05) is 18.5 Å². The third-order valence-electron chi connectivity index (χ3n) is 6.73. The number of nitrogens with one attached hydrogen (secondary N) is 3. The summed E-state index contributed by atoms with van der Waals surface area (Å²) < 4.78 is 19.7. The molecule has 11 nitrogen and oxygen atoms in total. The van der Waals surface area contributed by atoms with Crippen molar-refractivity contribution in [1.29, 1.82) is 0 Å². The molecule has 0 radical (unpaired) electrons. The number of anilines is 5. The molecule has 4 N–H and O–H groups in total. The minimum absolute atomic E-state index is 0.0955. The summed E-state index contributed by atoms with van der Waals surface area (Å²) in [6.07, 6.45) is 2.48. The van der Waals surface area contributed by atoms with Gasteiger partial charge in [-0.2, -0.15) is 4.98 Å². The molecular formula is C27H33ClFN7O4. The highest BCUT2D eigenvalue weighted by Gasteiger charge is 2.27. The van der Waals surface area contributed by atoms with Crippen LogP contribution in [0.3, 0.4) is 0 Å². The molecule has 2 heterocycles. The van der Waals surface area contributed by atoms with Crippen molar-refractivity contribution >= 4 is 46.1 Å². The maximum atomic E-state index is 14.1. The Hall–Kier alpha value is -3.74. The summed E-state index contributed by atoms with van der Waals surface area (Å²) in [6, 6.07) is 7.36. The average molecular weight is 574 g/mol. The first-order valence-electron chi connectivity index (χ1n) is 12.8. The van der Waals surface area contributed by atoms with E-state index in [1.807, 2.05) is 11.9 Å². The smallest absolute Gasteiger partial charge is 0.294 e. The maximum absolute atomic E-state index is 14.1. The number of hydrogen-bond acceptors (Lipinski definition) is 10. The molecule has 0 amide bonds. The normalized spacial score (nSPS) is 17.0. The van der Waals surface area contributed by atoms with Crippen LogP contribution in [-0.2, 0) is 5.60 Å². The molecule has 1 aliphatic rings. The van der Waals surface area contributed by atoms with Crippen molar-refractivity contribution in [3.05, 3.63) is 63.0 Å². The summed E-state index contributed by atoms with van der Waals surface area (Å²) in [5.41, 5.74) is -0.0932. The molecule has 0 unspecified atom stereocenters. The van der Waals surface area contributed by atoms with E-state index in [2.05, 4.69) is 32.8 Å². The predicted octanol–water partition coefficient (Wildman–Crippen LogP) is 5.33. The third-order valence-corrected chi connectivity index (χ3v) is 7.01. The Morgan fingerprint density at radius 2 is 2.05 bits per heavy atom. The number of halogens is 2. The number of rotatable bonds is 10. The van der Waals surface area contributed by atoms with Crippen molar-refractivity contribution in [3.8, 4) is 5.75 Å². The molecule has 3 aromatic rings. The molecule has 40 heavy (non-hydrogen) atoms. The molecule has 1 fully saturated rings. The molecule has 2 aromatic carbocycles. The number of nitro benzene ring substituents is 1. The van der Waals surface area contributed by atoms with Gasteiger partial charge in [0.05, 0.1) is 28.3 Å². The van der Waals surface area contributed by atoms with E-state index >= 15 is 0 Å². The number of ether oxygens (including phenoxy) is 1. The molecule has 13 heteroatoms. The largest absolute Gasteiger partial charge is 0.494 e. The fraction of sp³-hybridized carbons (Fsp3) is 0.407. The molecule has 0 bridgehead atoms. The van der Waals surface area contributed by atoms with E-state index in [4.69, 9.17) is 16.3 Å². The fourth-order valence-electron chi connectivity index (χ4n) is 4.77. The van der Waals surface area contributed by atoms with Gasteiger partial charge in [-0.05, 0) is 50.9 Å². The molecular weight excluding hydrogens is 541 g/mol. The second-order valence-corrected chi connectivity index (χ2v) is 10.9. The molecule has 0 aliphatic carbocycles. The van der Waals surface area contributed by atoms with Crippen LogP contribution >= 0.6 is 11.6 Å². The van der Waals surface area contributed by atoms with Crippen molar-refractivity contribution in [2.75, 3.05) is 42.8 Å². The summed E-state index contributed by atoms with van der Waals surface area (Å²) >= 11 is 5.99. The standard InChI is InChI=1S/C27H33ClFN7O4/c1-15-8-16(31-13-15)14-35(4)22-12-24(40-5)21(11-23(22)36(38)39)33-26-30-7-6-25(34-26)32-20-10-18(28)19(29)9-17(20)27(2,3)37/h6-7,9-12,15-16,31,37H,8,13-14H2,1-5H3,(H2,30,32,33,34)/t15-,16+/m0/s1. The molecule has 1 saturated heterocycles. The first-order chi connectivity index (χ1) is 18.8. The van der Waals surface area contributed by atoms with Gasteiger partial charge in [0.15, 0.2) is 0 Å². The first kappa shape index (κ1) is 29.2. The number of hydrogen-bond donors (Lipinski definition) is 4. The Morgan fingerprint density at radius 3 is 2.67 bits per heavy atom. The molecule has 2 atom stereocenters. The molecule has 214 valence electrons. The lowest BCUT2D eigenvalue weighted by Gasteiger charge is -2.24. The highest BCUT2D eigenvalue weighted by Crippen LogP contribution is 2.39. The molecule has 4 rings (SSSR count). The van der Waals surface area contributed by atoms with Gasteiger partial charge in [-0.3, -0.25) is 10.1 Å². The SMILES string of the molecule is COc1cc(N(C)C[C@H]2C[C@H](C)CN2)c([N+](=O)[O-])cc1Nc1nccc(Nc2cc(Cl)c(F)cc2C(C)(C)O)n1. The van der Waals surface area contributed by atoms with Crippen LogP contribution < -0.4 is 25.6 Å². The van der Waals surface area contributed by atoms with E-state index in [9.17, 15) is 19.6 Å². The Labute approximate surface area is 236 Å². The van der Waals surface area contributed by atoms with Crippen LogP contribution in [-0.4, -0.2) is 53.3 Å². The monoisotopic (exact) mass is 573 g/mol. The number of aromatic nitrogens is 2.